The molecule has 2 aromatic heterocycles. The van der Waals surface area contributed by atoms with Gasteiger partial charge in [-0.2, -0.15) is 0 Å². The molecule has 2 aromatic rings. The summed E-state index contributed by atoms with van der Waals surface area (Å²) in [5, 5.41) is 10.4. The number of amides is 1. The van der Waals surface area contributed by atoms with Crippen molar-refractivity contribution in [3.63, 3.8) is 0 Å². The Labute approximate surface area is 157 Å². The standard InChI is InChI=1S/C20H21N3O4/c1-22(2)11-12-23-18(15-7-3-4-10-21-15)17(19(25)20(23)26)16(24)9-8-14-6-5-13-27-14/h3-10,13,18,25H,11-12H2,1-2H3/p+1/b9-8+/t18-/m1/s1. The maximum atomic E-state index is 12.8. The number of furan rings is 1. The van der Waals surface area contributed by atoms with E-state index < -0.39 is 23.5 Å². The highest BCUT2D eigenvalue weighted by atomic mass is 16.3. The minimum absolute atomic E-state index is 0.0373. The molecule has 0 unspecified atom stereocenters. The zero-order valence-electron chi connectivity index (χ0n) is 15.3. The second kappa shape index (κ2) is 8.01. The molecule has 0 radical (unpaired) electrons. The number of carbonyl (C=O) groups excluding carboxylic acids is 2. The molecule has 1 aliphatic rings. The topological polar surface area (TPSA) is 88.1 Å². The number of hydrogen-bond acceptors (Lipinski definition) is 5. The summed E-state index contributed by atoms with van der Waals surface area (Å²) in [5.41, 5.74) is 0.577. The summed E-state index contributed by atoms with van der Waals surface area (Å²) in [6.07, 6.45) is 5.91. The Kier molecular flexibility index (Phi) is 5.52. The quantitative estimate of drug-likeness (QED) is 0.706. The van der Waals surface area contributed by atoms with Crippen LogP contribution in [0, 0.1) is 0 Å². The molecular formula is C20H22N3O4+. The molecule has 2 N–H and O–H groups in total. The van der Waals surface area contributed by atoms with Gasteiger partial charge in [0.25, 0.3) is 5.91 Å². The Morgan fingerprint density at radius 2 is 2.15 bits per heavy atom. The van der Waals surface area contributed by atoms with Gasteiger partial charge in [0.2, 0.25) is 0 Å². The molecule has 7 nitrogen and oxygen atoms in total. The predicted octanol–water partition coefficient (Wildman–Crippen LogP) is 0.797. The van der Waals surface area contributed by atoms with Crippen LogP contribution in [0.2, 0.25) is 0 Å². The van der Waals surface area contributed by atoms with Gasteiger partial charge < -0.3 is 19.3 Å². The van der Waals surface area contributed by atoms with E-state index >= 15 is 0 Å². The first-order valence-electron chi connectivity index (χ1n) is 8.69. The van der Waals surface area contributed by atoms with Crippen LogP contribution in [0.5, 0.6) is 0 Å². The van der Waals surface area contributed by atoms with E-state index in [1.165, 1.54) is 23.3 Å². The first-order valence-corrected chi connectivity index (χ1v) is 8.69. The van der Waals surface area contributed by atoms with Crippen molar-refractivity contribution in [3.8, 4) is 0 Å². The third-order valence-corrected chi connectivity index (χ3v) is 4.33. The first kappa shape index (κ1) is 18.6. The molecule has 0 bridgehead atoms. The van der Waals surface area contributed by atoms with Crippen molar-refractivity contribution in [2.75, 3.05) is 27.2 Å². The number of carbonyl (C=O) groups is 2. The van der Waals surface area contributed by atoms with Crippen molar-refractivity contribution in [3.05, 3.63) is 71.7 Å². The highest BCUT2D eigenvalue weighted by molar-refractivity contribution is 6.14. The van der Waals surface area contributed by atoms with Gasteiger partial charge in [-0.3, -0.25) is 14.6 Å². The molecule has 1 atom stereocenters. The number of hydrogen-bond donors (Lipinski definition) is 2. The minimum Gasteiger partial charge on any atom is -0.503 e. The third kappa shape index (κ3) is 3.98. The summed E-state index contributed by atoms with van der Waals surface area (Å²) >= 11 is 0. The van der Waals surface area contributed by atoms with Gasteiger partial charge in [0, 0.05) is 6.20 Å². The Morgan fingerprint density at radius 1 is 1.33 bits per heavy atom. The Bertz CT molecular complexity index is 870. The number of pyridine rings is 1. The third-order valence-electron chi connectivity index (χ3n) is 4.33. The van der Waals surface area contributed by atoms with Gasteiger partial charge in [-0.1, -0.05) is 6.07 Å². The molecule has 1 amide bonds. The van der Waals surface area contributed by atoms with Gasteiger partial charge in [0.15, 0.2) is 11.5 Å². The van der Waals surface area contributed by atoms with E-state index in [9.17, 15) is 14.7 Å². The SMILES string of the molecule is C[NH+](C)CCN1C(=O)C(O)=C(C(=O)/C=C/c2ccco2)[C@H]1c1ccccn1. The van der Waals surface area contributed by atoms with E-state index in [4.69, 9.17) is 4.42 Å². The average molecular weight is 368 g/mol. The number of nitrogens with one attached hydrogen (secondary N) is 1. The molecule has 0 saturated heterocycles. The van der Waals surface area contributed by atoms with E-state index in [-0.39, 0.29) is 5.57 Å². The summed E-state index contributed by atoms with van der Waals surface area (Å²) in [7, 11) is 3.95. The van der Waals surface area contributed by atoms with Gasteiger partial charge in [-0.25, -0.2) is 0 Å². The van der Waals surface area contributed by atoms with Crippen LogP contribution >= 0.6 is 0 Å². The molecule has 0 aliphatic carbocycles. The maximum Gasteiger partial charge on any atom is 0.290 e. The van der Waals surface area contributed by atoms with Crippen LogP contribution in [0.4, 0.5) is 0 Å². The van der Waals surface area contributed by atoms with E-state index in [2.05, 4.69) is 4.98 Å². The zero-order valence-corrected chi connectivity index (χ0v) is 15.3. The number of allylic oxidation sites excluding steroid dienone is 1. The second-order valence-electron chi connectivity index (χ2n) is 6.59. The highest BCUT2D eigenvalue weighted by Crippen LogP contribution is 2.36. The van der Waals surface area contributed by atoms with Gasteiger partial charge in [0.1, 0.15) is 11.8 Å². The van der Waals surface area contributed by atoms with E-state index in [1.54, 1.807) is 36.5 Å². The number of nitrogens with zero attached hydrogens (tertiary/aromatic N) is 2. The Hall–Kier alpha value is -3.19. The van der Waals surface area contributed by atoms with Crippen LogP contribution in [0.25, 0.3) is 6.08 Å². The summed E-state index contributed by atoms with van der Waals surface area (Å²) < 4.78 is 5.18. The van der Waals surface area contributed by atoms with E-state index in [0.29, 0.717) is 24.5 Å². The smallest absolute Gasteiger partial charge is 0.290 e. The number of ketones is 1. The van der Waals surface area contributed by atoms with Gasteiger partial charge in [0.05, 0.1) is 44.7 Å². The number of rotatable bonds is 7. The fourth-order valence-electron chi connectivity index (χ4n) is 2.96. The highest BCUT2D eigenvalue weighted by Gasteiger charge is 2.43. The fourth-order valence-corrected chi connectivity index (χ4v) is 2.96. The van der Waals surface area contributed by atoms with Gasteiger partial charge in [-0.15, -0.1) is 0 Å². The monoisotopic (exact) mass is 368 g/mol. The van der Waals surface area contributed by atoms with Crippen molar-refractivity contribution in [1.82, 2.24) is 9.88 Å². The fraction of sp³-hybridized carbons (Fsp3) is 0.250. The molecule has 3 heterocycles. The maximum absolute atomic E-state index is 12.8. The summed E-state index contributed by atoms with van der Waals surface area (Å²) in [6, 6.07) is 8.00. The largest absolute Gasteiger partial charge is 0.503 e. The van der Waals surface area contributed by atoms with Crippen LogP contribution in [-0.2, 0) is 9.59 Å². The van der Waals surface area contributed by atoms with E-state index in [0.717, 1.165) is 4.90 Å². The lowest BCUT2D eigenvalue weighted by atomic mass is 9.99. The number of likely N-dealkylation sites (N-methyl/N-ethyl adjacent to an activating group) is 1. The van der Waals surface area contributed by atoms with Crippen LogP contribution in [0.3, 0.4) is 0 Å². The molecule has 1 aliphatic heterocycles. The lowest BCUT2D eigenvalue weighted by Crippen LogP contribution is -3.06. The lowest BCUT2D eigenvalue weighted by Gasteiger charge is -2.26. The van der Waals surface area contributed by atoms with Gasteiger partial charge in [-0.05, 0) is 36.4 Å². The summed E-state index contributed by atoms with van der Waals surface area (Å²) in [4.78, 5) is 32.4. The molecule has 0 saturated carbocycles. The van der Waals surface area contributed by atoms with Crippen LogP contribution in [-0.4, -0.2) is 53.9 Å². The molecule has 140 valence electrons. The van der Waals surface area contributed by atoms with Crippen molar-refractivity contribution in [2.24, 2.45) is 0 Å². The molecule has 7 heteroatoms. The van der Waals surface area contributed by atoms with E-state index in [1.807, 2.05) is 14.1 Å². The summed E-state index contributed by atoms with van der Waals surface area (Å²) in [6.45, 7) is 1.07. The van der Waals surface area contributed by atoms with Crippen molar-refractivity contribution in [2.45, 2.75) is 6.04 Å². The van der Waals surface area contributed by atoms with Crippen molar-refractivity contribution >= 4 is 17.8 Å². The molecule has 0 spiro atoms. The molecule has 27 heavy (non-hydrogen) atoms. The van der Waals surface area contributed by atoms with Crippen LogP contribution in [0.15, 0.2) is 64.6 Å². The summed E-state index contributed by atoms with van der Waals surface area (Å²) in [5.74, 6) is -1.02. The Morgan fingerprint density at radius 3 is 2.78 bits per heavy atom. The number of aromatic nitrogens is 1. The predicted molar refractivity (Wildman–Crippen MR) is 98.8 cm³/mol. The molecule has 0 fully saturated rings. The number of aliphatic hydroxyl groups excluding tert-OH is 1. The van der Waals surface area contributed by atoms with Crippen molar-refractivity contribution in [1.29, 1.82) is 0 Å². The first-order chi connectivity index (χ1) is 13.0. The minimum atomic E-state index is -0.716. The Balaban J connectivity index is 1.95. The molecule has 0 aromatic carbocycles. The normalized spacial score (nSPS) is 17.5. The molecule has 3 rings (SSSR count). The van der Waals surface area contributed by atoms with Gasteiger partial charge >= 0.3 is 0 Å². The molecular weight excluding hydrogens is 346 g/mol. The number of aliphatic hydroxyl groups is 1. The average Bonchev–Trinajstić information content (AvgIpc) is 3.26. The second-order valence-corrected chi connectivity index (χ2v) is 6.59. The van der Waals surface area contributed by atoms with Crippen molar-refractivity contribution < 1.29 is 24.0 Å². The zero-order chi connectivity index (χ0) is 19.4. The van der Waals surface area contributed by atoms with Crippen LogP contribution in [0.1, 0.15) is 17.5 Å². The van der Waals surface area contributed by atoms with Crippen LogP contribution < -0.4 is 4.90 Å². The number of quaternary nitrogens is 1. The lowest BCUT2D eigenvalue weighted by molar-refractivity contribution is -0.857.